The summed E-state index contributed by atoms with van der Waals surface area (Å²) >= 11 is 0. The van der Waals surface area contributed by atoms with E-state index in [1.165, 1.54) is 25.3 Å². The summed E-state index contributed by atoms with van der Waals surface area (Å²) in [5.74, 6) is -1.67. The van der Waals surface area contributed by atoms with Gasteiger partial charge in [0.25, 0.3) is 0 Å². The van der Waals surface area contributed by atoms with E-state index < -0.39 is 17.3 Å². The summed E-state index contributed by atoms with van der Waals surface area (Å²) < 4.78 is 13.2. The second kappa shape index (κ2) is 3.71. The van der Waals surface area contributed by atoms with Gasteiger partial charge in [0.1, 0.15) is 5.82 Å². The van der Waals surface area contributed by atoms with Gasteiger partial charge in [-0.15, -0.1) is 0 Å². The zero-order valence-corrected chi connectivity index (χ0v) is 7.70. The fourth-order valence-electron chi connectivity index (χ4n) is 1.20. The normalized spacial score (nSPS) is 14.8. The zero-order chi connectivity index (χ0) is 10.8. The fourth-order valence-corrected chi connectivity index (χ4v) is 1.20. The van der Waals surface area contributed by atoms with Gasteiger partial charge in [0.15, 0.2) is 0 Å². The van der Waals surface area contributed by atoms with Crippen LogP contribution in [0.15, 0.2) is 18.3 Å². The Morgan fingerprint density at radius 2 is 2.43 bits per heavy atom. The van der Waals surface area contributed by atoms with Crippen LogP contribution in [0.2, 0.25) is 0 Å². The molecule has 1 aromatic rings. The summed E-state index contributed by atoms with van der Waals surface area (Å²) in [5, 5.41) is 8.57. The maximum absolute atomic E-state index is 13.2. The van der Waals surface area contributed by atoms with Gasteiger partial charge < -0.3 is 10.8 Å². The van der Waals surface area contributed by atoms with Gasteiger partial charge in [-0.25, -0.2) is 4.39 Å². The maximum Gasteiger partial charge on any atom is 0.305 e. The Morgan fingerprint density at radius 3 is 2.93 bits per heavy atom. The summed E-state index contributed by atoms with van der Waals surface area (Å²) in [6.07, 6.45) is 1.02. The number of aliphatic carboxylic acids is 1. The minimum absolute atomic E-state index is 0.0256. The third-order valence-electron chi connectivity index (χ3n) is 1.82. The SMILES string of the molecule is C[C@@](N)(CC(=O)O)c1ncccc1F. The van der Waals surface area contributed by atoms with Crippen LogP contribution in [0.4, 0.5) is 4.39 Å². The monoisotopic (exact) mass is 198 g/mol. The number of carboxylic acid groups (broad SMARTS) is 1. The minimum atomic E-state index is -1.28. The molecule has 0 amide bonds. The maximum atomic E-state index is 13.2. The van der Waals surface area contributed by atoms with E-state index in [4.69, 9.17) is 10.8 Å². The smallest absolute Gasteiger partial charge is 0.305 e. The molecule has 0 aliphatic rings. The number of carbonyl (C=O) groups is 1. The van der Waals surface area contributed by atoms with Crippen LogP contribution in [0, 0.1) is 5.82 Å². The lowest BCUT2D eigenvalue weighted by Gasteiger charge is -2.21. The van der Waals surface area contributed by atoms with E-state index in [-0.39, 0.29) is 12.1 Å². The standard InChI is InChI=1S/C9H11FN2O2/c1-9(11,5-7(13)14)8-6(10)3-2-4-12-8/h2-4H,5,11H2,1H3,(H,13,14)/t9-/m1/s1. The summed E-state index contributed by atoms with van der Waals surface area (Å²) in [6.45, 7) is 1.44. The predicted molar refractivity (Wildman–Crippen MR) is 48.0 cm³/mol. The van der Waals surface area contributed by atoms with Gasteiger partial charge in [-0.3, -0.25) is 9.78 Å². The van der Waals surface area contributed by atoms with Crippen molar-refractivity contribution in [1.82, 2.24) is 4.98 Å². The molecule has 0 unspecified atom stereocenters. The van der Waals surface area contributed by atoms with Crippen molar-refractivity contribution in [3.05, 3.63) is 29.8 Å². The first kappa shape index (κ1) is 10.6. The second-order valence-electron chi connectivity index (χ2n) is 3.32. The molecule has 3 N–H and O–H groups in total. The van der Waals surface area contributed by atoms with Crippen LogP contribution in [0.5, 0.6) is 0 Å². The van der Waals surface area contributed by atoms with E-state index in [1.54, 1.807) is 0 Å². The molecule has 14 heavy (non-hydrogen) atoms. The van der Waals surface area contributed by atoms with Crippen molar-refractivity contribution < 1.29 is 14.3 Å². The average molecular weight is 198 g/mol. The molecule has 0 bridgehead atoms. The lowest BCUT2D eigenvalue weighted by Crippen LogP contribution is -2.37. The van der Waals surface area contributed by atoms with Gasteiger partial charge in [-0.1, -0.05) is 0 Å². The first-order valence-corrected chi connectivity index (χ1v) is 4.05. The Labute approximate surface area is 80.6 Å². The number of pyridine rings is 1. The summed E-state index contributed by atoms with van der Waals surface area (Å²) in [5.41, 5.74) is 4.35. The van der Waals surface area contributed by atoms with Crippen molar-refractivity contribution in [3.8, 4) is 0 Å². The van der Waals surface area contributed by atoms with Crippen molar-refractivity contribution in [1.29, 1.82) is 0 Å². The molecule has 0 aliphatic heterocycles. The molecule has 0 radical (unpaired) electrons. The van der Waals surface area contributed by atoms with Crippen molar-refractivity contribution in [2.75, 3.05) is 0 Å². The lowest BCUT2D eigenvalue weighted by atomic mass is 9.94. The van der Waals surface area contributed by atoms with Crippen LogP contribution in [-0.4, -0.2) is 16.1 Å². The number of rotatable bonds is 3. The summed E-state index contributed by atoms with van der Waals surface area (Å²) in [4.78, 5) is 14.2. The van der Waals surface area contributed by atoms with Gasteiger partial charge in [-0.05, 0) is 19.1 Å². The number of hydrogen-bond acceptors (Lipinski definition) is 3. The Kier molecular flexibility index (Phi) is 2.81. The van der Waals surface area contributed by atoms with Gasteiger partial charge in [0.05, 0.1) is 17.7 Å². The third kappa shape index (κ3) is 2.26. The Morgan fingerprint density at radius 1 is 1.79 bits per heavy atom. The van der Waals surface area contributed by atoms with E-state index >= 15 is 0 Å². The third-order valence-corrected chi connectivity index (χ3v) is 1.82. The molecule has 0 saturated carbocycles. The van der Waals surface area contributed by atoms with Gasteiger partial charge in [-0.2, -0.15) is 0 Å². The number of aromatic nitrogens is 1. The summed E-state index contributed by atoms with van der Waals surface area (Å²) in [6, 6.07) is 2.63. The Bertz CT molecular complexity index is 352. The number of carboxylic acids is 1. The van der Waals surface area contributed by atoms with Crippen LogP contribution in [0.1, 0.15) is 19.0 Å². The predicted octanol–water partition coefficient (Wildman–Crippen LogP) is 0.869. The molecule has 0 aliphatic carbocycles. The van der Waals surface area contributed by atoms with Gasteiger partial charge in [0, 0.05) is 6.20 Å². The van der Waals surface area contributed by atoms with Gasteiger partial charge in [0.2, 0.25) is 0 Å². The summed E-state index contributed by atoms with van der Waals surface area (Å²) in [7, 11) is 0. The molecular formula is C9H11FN2O2. The molecule has 4 nitrogen and oxygen atoms in total. The zero-order valence-electron chi connectivity index (χ0n) is 7.70. The van der Waals surface area contributed by atoms with E-state index in [0.717, 1.165) is 0 Å². The van der Waals surface area contributed by atoms with E-state index in [1.807, 2.05) is 0 Å². The van der Waals surface area contributed by atoms with E-state index in [9.17, 15) is 9.18 Å². The molecule has 5 heteroatoms. The topological polar surface area (TPSA) is 76.2 Å². The van der Waals surface area contributed by atoms with Gasteiger partial charge >= 0.3 is 5.97 Å². The lowest BCUT2D eigenvalue weighted by molar-refractivity contribution is -0.138. The molecule has 0 saturated heterocycles. The highest BCUT2D eigenvalue weighted by Crippen LogP contribution is 2.21. The van der Waals surface area contributed by atoms with E-state index in [0.29, 0.717) is 0 Å². The molecule has 1 atom stereocenters. The Hall–Kier alpha value is -1.49. The molecule has 1 aromatic heterocycles. The number of hydrogen-bond donors (Lipinski definition) is 2. The van der Waals surface area contributed by atoms with Crippen LogP contribution in [-0.2, 0) is 10.3 Å². The molecule has 1 heterocycles. The fraction of sp³-hybridized carbons (Fsp3) is 0.333. The first-order chi connectivity index (χ1) is 6.43. The quantitative estimate of drug-likeness (QED) is 0.755. The van der Waals surface area contributed by atoms with Crippen LogP contribution in [0.3, 0.4) is 0 Å². The van der Waals surface area contributed by atoms with Crippen molar-refractivity contribution in [2.45, 2.75) is 18.9 Å². The van der Waals surface area contributed by atoms with E-state index in [2.05, 4.69) is 4.98 Å². The molecule has 76 valence electrons. The largest absolute Gasteiger partial charge is 0.481 e. The Balaban J connectivity index is 3.03. The molecule has 0 spiro atoms. The van der Waals surface area contributed by atoms with Crippen LogP contribution in [0.25, 0.3) is 0 Å². The molecule has 1 rings (SSSR count). The highest BCUT2D eigenvalue weighted by Gasteiger charge is 2.28. The molecule has 0 fully saturated rings. The first-order valence-electron chi connectivity index (χ1n) is 4.05. The molecular weight excluding hydrogens is 187 g/mol. The second-order valence-corrected chi connectivity index (χ2v) is 3.32. The van der Waals surface area contributed by atoms with Crippen LogP contribution < -0.4 is 5.73 Å². The van der Waals surface area contributed by atoms with Crippen molar-refractivity contribution in [3.63, 3.8) is 0 Å². The van der Waals surface area contributed by atoms with Crippen molar-refractivity contribution >= 4 is 5.97 Å². The molecule has 0 aromatic carbocycles. The number of nitrogens with two attached hydrogens (primary N) is 1. The van der Waals surface area contributed by atoms with Crippen LogP contribution >= 0.6 is 0 Å². The number of halogens is 1. The minimum Gasteiger partial charge on any atom is -0.481 e. The highest BCUT2D eigenvalue weighted by atomic mass is 19.1. The highest BCUT2D eigenvalue weighted by molar-refractivity contribution is 5.68. The average Bonchev–Trinajstić information content (AvgIpc) is 2.02. The van der Waals surface area contributed by atoms with Crippen molar-refractivity contribution in [2.24, 2.45) is 5.73 Å². The number of nitrogens with zero attached hydrogens (tertiary/aromatic N) is 1.